The van der Waals surface area contributed by atoms with Crippen LogP contribution in [0, 0.1) is 11.8 Å². The summed E-state index contributed by atoms with van der Waals surface area (Å²) in [4.78, 5) is 27.9. The van der Waals surface area contributed by atoms with Gasteiger partial charge in [0.05, 0.1) is 0 Å². The summed E-state index contributed by atoms with van der Waals surface area (Å²) < 4.78 is 5.82. The van der Waals surface area contributed by atoms with E-state index >= 15 is 0 Å². The number of hydrogen-bond donors (Lipinski definition) is 0. The molecule has 4 heteroatoms. The molecular weight excluding hydrogens is 602 g/mol. The molecule has 4 nitrogen and oxygen atoms in total. The lowest BCUT2D eigenvalue weighted by Gasteiger charge is -2.28. The maximum Gasteiger partial charge on any atom is 0.306 e. The normalized spacial score (nSPS) is 16.5. The summed E-state index contributed by atoms with van der Waals surface area (Å²) in [5.41, 5.74) is 0. The molecule has 0 N–H and O–H groups in total. The van der Waals surface area contributed by atoms with Crippen LogP contribution in [0.15, 0.2) is 0 Å². The third-order valence-corrected chi connectivity index (χ3v) is 11.5. The summed E-state index contributed by atoms with van der Waals surface area (Å²) in [5.74, 6) is 2.06. The van der Waals surface area contributed by atoms with Crippen LogP contribution in [0.25, 0.3) is 0 Å². The summed E-state index contributed by atoms with van der Waals surface area (Å²) in [6.45, 7) is 12.5. The Bertz CT molecular complexity index is 715. The van der Waals surface area contributed by atoms with Crippen molar-refractivity contribution in [2.75, 3.05) is 19.6 Å². The molecule has 1 aliphatic rings. The van der Waals surface area contributed by atoms with E-state index in [2.05, 4.69) is 32.6 Å². The highest BCUT2D eigenvalue weighted by Crippen LogP contribution is 2.30. The van der Waals surface area contributed by atoms with Crippen LogP contribution in [-0.4, -0.2) is 42.4 Å². The number of unbranched alkanes of at least 4 members (excludes halogenated alkanes) is 18. The molecule has 0 aliphatic heterocycles. The van der Waals surface area contributed by atoms with E-state index in [1.165, 1.54) is 167 Å². The summed E-state index contributed by atoms with van der Waals surface area (Å²) in [6, 6.07) is 0. The van der Waals surface area contributed by atoms with Gasteiger partial charge in [-0.15, -0.1) is 0 Å². The van der Waals surface area contributed by atoms with Crippen molar-refractivity contribution in [2.24, 2.45) is 11.8 Å². The van der Waals surface area contributed by atoms with E-state index in [4.69, 9.17) is 4.74 Å². The SMILES string of the molecule is CCCCCCCCC(CCCCCCCC)CC(=O)CCCCCCCN(CC)CCCCCC(=O)OC1CCC(CCCCC)CC1. The van der Waals surface area contributed by atoms with Gasteiger partial charge in [-0.05, 0) is 82.8 Å². The smallest absolute Gasteiger partial charge is 0.306 e. The van der Waals surface area contributed by atoms with Gasteiger partial charge in [-0.25, -0.2) is 0 Å². The Morgan fingerprint density at radius 3 is 1.59 bits per heavy atom. The molecular formula is C45H87NO3. The monoisotopic (exact) mass is 690 g/mol. The van der Waals surface area contributed by atoms with E-state index in [1.54, 1.807) is 0 Å². The molecule has 0 aromatic heterocycles. The molecule has 1 rings (SSSR count). The van der Waals surface area contributed by atoms with E-state index < -0.39 is 0 Å². The molecule has 0 spiro atoms. The number of nitrogens with zero attached hydrogens (tertiary/aromatic N) is 1. The molecule has 0 aromatic carbocycles. The minimum absolute atomic E-state index is 0.0321. The van der Waals surface area contributed by atoms with Crippen molar-refractivity contribution in [2.45, 2.75) is 246 Å². The lowest BCUT2D eigenvalue weighted by molar-refractivity contribution is -0.151. The molecule has 0 amide bonds. The Morgan fingerprint density at radius 1 is 0.551 bits per heavy atom. The molecule has 290 valence electrons. The van der Waals surface area contributed by atoms with E-state index in [-0.39, 0.29) is 12.1 Å². The highest BCUT2D eigenvalue weighted by molar-refractivity contribution is 5.78. The van der Waals surface area contributed by atoms with Crippen LogP contribution in [0.2, 0.25) is 0 Å². The van der Waals surface area contributed by atoms with E-state index in [1.807, 2.05) is 0 Å². The molecule has 0 saturated heterocycles. The van der Waals surface area contributed by atoms with E-state index in [0.29, 0.717) is 18.1 Å². The second kappa shape index (κ2) is 34.2. The Balaban J connectivity index is 2.09. The van der Waals surface area contributed by atoms with Crippen molar-refractivity contribution in [1.82, 2.24) is 4.90 Å². The average molecular weight is 690 g/mol. The summed E-state index contributed by atoms with van der Waals surface area (Å²) in [7, 11) is 0. The molecule has 0 aromatic rings. The molecule has 0 heterocycles. The van der Waals surface area contributed by atoms with Crippen LogP contribution >= 0.6 is 0 Å². The maximum atomic E-state index is 12.9. The van der Waals surface area contributed by atoms with Crippen LogP contribution in [0.3, 0.4) is 0 Å². The lowest BCUT2D eigenvalue weighted by Crippen LogP contribution is -2.26. The van der Waals surface area contributed by atoms with Crippen molar-refractivity contribution in [3.05, 3.63) is 0 Å². The predicted octanol–water partition coefficient (Wildman–Crippen LogP) is 14.0. The van der Waals surface area contributed by atoms with Gasteiger partial charge in [-0.2, -0.15) is 0 Å². The van der Waals surface area contributed by atoms with Crippen molar-refractivity contribution < 1.29 is 14.3 Å². The van der Waals surface area contributed by atoms with E-state index in [0.717, 1.165) is 64.0 Å². The zero-order valence-electron chi connectivity index (χ0n) is 33.9. The van der Waals surface area contributed by atoms with Gasteiger partial charge in [0.2, 0.25) is 0 Å². The first-order valence-corrected chi connectivity index (χ1v) is 22.5. The number of esters is 1. The summed E-state index contributed by atoms with van der Waals surface area (Å²) >= 11 is 0. The Morgan fingerprint density at radius 2 is 1.02 bits per heavy atom. The number of hydrogen-bond acceptors (Lipinski definition) is 4. The quantitative estimate of drug-likeness (QED) is 0.0485. The van der Waals surface area contributed by atoms with Crippen molar-refractivity contribution >= 4 is 11.8 Å². The molecule has 0 radical (unpaired) electrons. The first-order chi connectivity index (χ1) is 24.0. The highest BCUT2D eigenvalue weighted by Gasteiger charge is 2.23. The molecule has 0 atom stereocenters. The molecule has 0 unspecified atom stereocenters. The highest BCUT2D eigenvalue weighted by atomic mass is 16.5. The van der Waals surface area contributed by atoms with Gasteiger partial charge < -0.3 is 9.64 Å². The fourth-order valence-electron chi connectivity index (χ4n) is 8.06. The van der Waals surface area contributed by atoms with Crippen LogP contribution in [-0.2, 0) is 14.3 Å². The molecule has 1 saturated carbocycles. The Kier molecular flexibility index (Phi) is 32.2. The van der Waals surface area contributed by atoms with Crippen LogP contribution < -0.4 is 0 Å². The standard InChI is InChI=1S/C45H87NO3/c1-5-9-12-14-17-23-30-42(31-24-18-15-13-10-6-2)40-43(47)32-25-19-16-20-27-38-46(8-4)39-28-21-26-33-45(48)49-44-36-34-41(35-37-44)29-22-11-7-3/h41-42,44H,5-40H2,1-4H3. The second-order valence-electron chi connectivity index (χ2n) is 16.1. The zero-order valence-corrected chi connectivity index (χ0v) is 33.9. The van der Waals surface area contributed by atoms with Gasteiger partial charge in [-0.1, -0.05) is 169 Å². The van der Waals surface area contributed by atoms with Crippen molar-refractivity contribution in [3.63, 3.8) is 0 Å². The van der Waals surface area contributed by atoms with Crippen LogP contribution in [0.4, 0.5) is 0 Å². The van der Waals surface area contributed by atoms with Gasteiger partial charge >= 0.3 is 5.97 Å². The van der Waals surface area contributed by atoms with Gasteiger partial charge in [0.25, 0.3) is 0 Å². The molecule has 0 bridgehead atoms. The number of carbonyl (C=O) groups is 2. The van der Waals surface area contributed by atoms with Gasteiger partial charge in [0.1, 0.15) is 11.9 Å². The maximum absolute atomic E-state index is 12.9. The number of carbonyl (C=O) groups excluding carboxylic acids is 2. The lowest BCUT2D eigenvalue weighted by atomic mass is 9.84. The molecule has 1 aliphatic carbocycles. The van der Waals surface area contributed by atoms with Crippen LogP contribution in [0.5, 0.6) is 0 Å². The van der Waals surface area contributed by atoms with Crippen molar-refractivity contribution in [1.29, 1.82) is 0 Å². The summed E-state index contributed by atoms with van der Waals surface area (Å²) in [5, 5.41) is 0. The Hall–Kier alpha value is -0.900. The largest absolute Gasteiger partial charge is 0.462 e. The first-order valence-electron chi connectivity index (χ1n) is 22.5. The number of rotatable bonds is 36. The minimum Gasteiger partial charge on any atom is -0.462 e. The van der Waals surface area contributed by atoms with E-state index in [9.17, 15) is 9.59 Å². The fraction of sp³-hybridized carbons (Fsp3) is 0.956. The van der Waals surface area contributed by atoms with Gasteiger partial charge in [0, 0.05) is 19.3 Å². The Labute approximate surface area is 307 Å². The third-order valence-electron chi connectivity index (χ3n) is 11.5. The van der Waals surface area contributed by atoms with Crippen molar-refractivity contribution in [3.8, 4) is 0 Å². The molecule has 1 fully saturated rings. The summed E-state index contributed by atoms with van der Waals surface area (Å²) in [6.07, 6.45) is 40.5. The number of ether oxygens (including phenoxy) is 1. The van der Waals surface area contributed by atoms with Crippen LogP contribution in [0.1, 0.15) is 240 Å². The fourth-order valence-corrected chi connectivity index (χ4v) is 8.06. The second-order valence-corrected chi connectivity index (χ2v) is 16.1. The van der Waals surface area contributed by atoms with Gasteiger partial charge in [0.15, 0.2) is 0 Å². The minimum atomic E-state index is 0.0321. The average Bonchev–Trinajstić information content (AvgIpc) is 3.10. The number of Topliss-reactive ketones (excluding diaryl/α,β-unsaturated/α-hetero) is 1. The molecule has 49 heavy (non-hydrogen) atoms. The zero-order chi connectivity index (χ0) is 35.6. The topological polar surface area (TPSA) is 46.6 Å². The van der Waals surface area contributed by atoms with Gasteiger partial charge in [-0.3, -0.25) is 9.59 Å². The third kappa shape index (κ3) is 28.4. The number of ketones is 1. The predicted molar refractivity (Wildman–Crippen MR) is 213 cm³/mol. The first kappa shape index (κ1) is 46.1.